The summed E-state index contributed by atoms with van der Waals surface area (Å²) in [4.78, 5) is 18.0. The Balaban J connectivity index is 1.74. The van der Waals surface area contributed by atoms with Crippen molar-refractivity contribution in [1.82, 2.24) is 9.66 Å². The van der Waals surface area contributed by atoms with Crippen LogP contribution in [0, 0.1) is 5.82 Å². The van der Waals surface area contributed by atoms with Crippen LogP contribution >= 0.6 is 47.8 Å². The van der Waals surface area contributed by atoms with Gasteiger partial charge in [0.1, 0.15) is 18.2 Å². The summed E-state index contributed by atoms with van der Waals surface area (Å²) in [5.74, 6) is 1.20. The van der Waals surface area contributed by atoms with Gasteiger partial charge in [0, 0.05) is 20.9 Å². The molecular formula is C27H23Br3FN3O3. The molecule has 3 aromatic carbocycles. The lowest BCUT2D eigenvalue weighted by atomic mass is 10.2. The number of aromatic nitrogens is 2. The SMILES string of the molecule is CCCc1nc2ccc(Br)cc2c(=O)n1N=Cc1cc(OCC)c(OCc2cccc(F)c2)c(Br)c1Br. The summed E-state index contributed by atoms with van der Waals surface area (Å²) in [6.07, 6.45) is 2.99. The van der Waals surface area contributed by atoms with E-state index >= 15 is 0 Å². The Morgan fingerprint density at radius 2 is 1.86 bits per heavy atom. The van der Waals surface area contributed by atoms with E-state index in [1.54, 1.807) is 30.5 Å². The highest BCUT2D eigenvalue weighted by Crippen LogP contribution is 2.43. The van der Waals surface area contributed by atoms with Crippen LogP contribution in [-0.4, -0.2) is 22.5 Å². The van der Waals surface area contributed by atoms with E-state index in [2.05, 4.69) is 57.9 Å². The van der Waals surface area contributed by atoms with Crippen LogP contribution in [-0.2, 0) is 13.0 Å². The fourth-order valence-corrected chi connectivity index (χ4v) is 4.99. The third-order valence-corrected chi connectivity index (χ3v) is 8.03. The van der Waals surface area contributed by atoms with Crippen LogP contribution in [0.5, 0.6) is 11.5 Å². The van der Waals surface area contributed by atoms with Crippen LogP contribution in [0.4, 0.5) is 4.39 Å². The van der Waals surface area contributed by atoms with E-state index in [0.717, 1.165) is 10.9 Å². The molecule has 6 nitrogen and oxygen atoms in total. The van der Waals surface area contributed by atoms with Crippen LogP contribution < -0.4 is 15.0 Å². The van der Waals surface area contributed by atoms with E-state index in [1.807, 2.05) is 26.0 Å². The van der Waals surface area contributed by atoms with Crippen molar-refractivity contribution >= 4 is 64.9 Å². The van der Waals surface area contributed by atoms with Crippen molar-refractivity contribution in [3.05, 3.63) is 95.1 Å². The molecule has 10 heteroatoms. The topological polar surface area (TPSA) is 65.7 Å². The van der Waals surface area contributed by atoms with E-state index < -0.39 is 0 Å². The molecule has 0 radical (unpaired) electrons. The van der Waals surface area contributed by atoms with Gasteiger partial charge in [0.2, 0.25) is 0 Å². The van der Waals surface area contributed by atoms with Crippen molar-refractivity contribution in [2.24, 2.45) is 5.10 Å². The molecular weight excluding hydrogens is 673 g/mol. The Hall–Kier alpha value is -2.56. The number of fused-ring (bicyclic) bond motifs is 1. The molecule has 0 unspecified atom stereocenters. The zero-order chi connectivity index (χ0) is 26.5. The summed E-state index contributed by atoms with van der Waals surface area (Å²) in [6, 6.07) is 13.4. The van der Waals surface area contributed by atoms with Crippen molar-refractivity contribution in [1.29, 1.82) is 0 Å². The first-order chi connectivity index (χ1) is 17.8. The molecule has 0 saturated carbocycles. The highest BCUT2D eigenvalue weighted by Gasteiger charge is 2.18. The Morgan fingerprint density at radius 3 is 2.59 bits per heavy atom. The number of nitrogens with zero attached hydrogens (tertiary/aromatic N) is 3. The predicted octanol–water partition coefficient (Wildman–Crippen LogP) is 7.64. The lowest BCUT2D eigenvalue weighted by Crippen LogP contribution is -2.22. The van der Waals surface area contributed by atoms with E-state index in [-0.39, 0.29) is 18.0 Å². The maximum absolute atomic E-state index is 13.6. The molecule has 0 atom stereocenters. The van der Waals surface area contributed by atoms with Gasteiger partial charge < -0.3 is 9.47 Å². The normalized spacial score (nSPS) is 11.4. The maximum atomic E-state index is 13.6. The largest absolute Gasteiger partial charge is 0.490 e. The van der Waals surface area contributed by atoms with Gasteiger partial charge >= 0.3 is 0 Å². The highest BCUT2D eigenvalue weighted by molar-refractivity contribution is 9.13. The van der Waals surface area contributed by atoms with Gasteiger partial charge in [-0.1, -0.05) is 35.0 Å². The molecule has 0 saturated heterocycles. The molecule has 37 heavy (non-hydrogen) atoms. The van der Waals surface area contributed by atoms with Gasteiger partial charge in [0.25, 0.3) is 5.56 Å². The monoisotopic (exact) mass is 693 g/mol. The van der Waals surface area contributed by atoms with E-state index in [4.69, 9.17) is 9.47 Å². The quantitative estimate of drug-likeness (QED) is 0.169. The Labute approximate surface area is 238 Å². The standard InChI is InChI=1S/C27H23Br3FN3O3/c1-3-6-23-33-21-10-9-18(28)13-20(21)27(35)34(23)32-14-17-12-22(36-4-2)26(25(30)24(17)29)37-15-16-7-5-8-19(31)11-16/h5,7-14H,3-4,6,15H2,1-2H3. The summed E-state index contributed by atoms with van der Waals surface area (Å²) in [5.41, 5.74) is 1.73. The van der Waals surface area contributed by atoms with Gasteiger partial charge in [-0.2, -0.15) is 9.78 Å². The number of halogens is 4. The Morgan fingerprint density at radius 1 is 1.05 bits per heavy atom. The van der Waals surface area contributed by atoms with Gasteiger partial charge in [0.15, 0.2) is 11.5 Å². The second kappa shape index (κ2) is 12.3. The van der Waals surface area contributed by atoms with Crippen molar-refractivity contribution in [3.8, 4) is 11.5 Å². The van der Waals surface area contributed by atoms with Crippen LogP contribution in [0.25, 0.3) is 10.9 Å². The van der Waals surface area contributed by atoms with E-state index in [0.29, 0.717) is 61.3 Å². The molecule has 0 aliphatic heterocycles. The second-order valence-corrected chi connectivity index (χ2v) is 10.6. The van der Waals surface area contributed by atoms with E-state index in [1.165, 1.54) is 16.8 Å². The van der Waals surface area contributed by atoms with Gasteiger partial charge in [-0.3, -0.25) is 4.79 Å². The Kier molecular flexibility index (Phi) is 9.15. The fraction of sp³-hybridized carbons (Fsp3) is 0.222. The smallest absolute Gasteiger partial charge is 0.282 e. The number of benzene rings is 3. The molecule has 0 fully saturated rings. The molecule has 0 aliphatic carbocycles. The first kappa shape index (κ1) is 27.5. The Bertz CT molecular complexity index is 1540. The number of hydrogen-bond acceptors (Lipinski definition) is 5. The first-order valence-electron chi connectivity index (χ1n) is 11.6. The number of hydrogen-bond donors (Lipinski definition) is 0. The van der Waals surface area contributed by atoms with Crippen LogP contribution in [0.2, 0.25) is 0 Å². The molecule has 4 aromatic rings. The fourth-order valence-electron chi connectivity index (χ4n) is 3.70. The second-order valence-electron chi connectivity index (χ2n) is 8.07. The molecule has 4 rings (SSSR count). The molecule has 192 valence electrons. The number of rotatable bonds is 9. The van der Waals surface area contributed by atoms with E-state index in [9.17, 15) is 9.18 Å². The van der Waals surface area contributed by atoms with Crippen LogP contribution in [0.1, 0.15) is 37.2 Å². The number of aryl methyl sites for hydroxylation is 1. The summed E-state index contributed by atoms with van der Waals surface area (Å²) in [6.45, 7) is 4.46. The van der Waals surface area contributed by atoms with Gasteiger partial charge in [0.05, 0.1) is 28.2 Å². The molecule has 0 amide bonds. The number of ether oxygens (including phenoxy) is 2. The average Bonchev–Trinajstić information content (AvgIpc) is 2.87. The third-order valence-electron chi connectivity index (χ3n) is 5.39. The summed E-state index contributed by atoms with van der Waals surface area (Å²) in [7, 11) is 0. The van der Waals surface area contributed by atoms with Crippen molar-refractivity contribution in [3.63, 3.8) is 0 Å². The molecule has 0 aliphatic rings. The van der Waals surface area contributed by atoms with Crippen LogP contribution in [0.15, 0.2) is 71.8 Å². The summed E-state index contributed by atoms with van der Waals surface area (Å²) in [5, 5.41) is 5.00. The summed E-state index contributed by atoms with van der Waals surface area (Å²) < 4.78 is 28.8. The minimum atomic E-state index is -0.328. The highest BCUT2D eigenvalue weighted by atomic mass is 79.9. The molecule has 0 bridgehead atoms. The summed E-state index contributed by atoms with van der Waals surface area (Å²) >= 11 is 10.6. The minimum Gasteiger partial charge on any atom is -0.490 e. The molecule has 1 heterocycles. The lowest BCUT2D eigenvalue weighted by Gasteiger charge is -2.16. The van der Waals surface area contributed by atoms with Crippen LogP contribution in [0.3, 0.4) is 0 Å². The van der Waals surface area contributed by atoms with Crippen molar-refractivity contribution < 1.29 is 13.9 Å². The first-order valence-corrected chi connectivity index (χ1v) is 14.0. The maximum Gasteiger partial charge on any atom is 0.282 e. The lowest BCUT2D eigenvalue weighted by molar-refractivity contribution is 0.267. The van der Waals surface area contributed by atoms with Crippen molar-refractivity contribution in [2.45, 2.75) is 33.3 Å². The minimum absolute atomic E-state index is 0.157. The van der Waals surface area contributed by atoms with Gasteiger partial charge in [-0.05, 0) is 87.2 Å². The molecule has 1 aromatic heterocycles. The third kappa shape index (κ3) is 6.30. The predicted molar refractivity (Wildman–Crippen MR) is 154 cm³/mol. The van der Waals surface area contributed by atoms with Gasteiger partial charge in [-0.15, -0.1) is 0 Å². The average molecular weight is 696 g/mol. The zero-order valence-electron chi connectivity index (χ0n) is 20.1. The molecule has 0 spiro atoms. The zero-order valence-corrected chi connectivity index (χ0v) is 24.9. The molecule has 0 N–H and O–H groups in total. The van der Waals surface area contributed by atoms with Crippen molar-refractivity contribution in [2.75, 3.05) is 6.61 Å². The van der Waals surface area contributed by atoms with Gasteiger partial charge in [-0.25, -0.2) is 9.37 Å².